The molecule has 2 rings (SSSR count). The summed E-state index contributed by atoms with van der Waals surface area (Å²) in [4.78, 5) is 11.7. The normalized spacial score (nSPS) is 11.7. The molecular weight excluding hydrogens is 325 g/mol. The van der Waals surface area contributed by atoms with Crippen molar-refractivity contribution in [2.45, 2.75) is 6.10 Å². The number of hydrogen-bond acceptors (Lipinski definition) is 3. The number of carbonyl (C=O) groups is 1. The first-order chi connectivity index (χ1) is 11.4. The van der Waals surface area contributed by atoms with E-state index in [0.717, 1.165) is 24.3 Å². The Hall–Kier alpha value is -2.74. The summed E-state index contributed by atoms with van der Waals surface area (Å²) in [6.45, 7) is -0.463. The van der Waals surface area contributed by atoms with Crippen LogP contribution in [0.5, 0.6) is 5.75 Å². The molecule has 3 N–H and O–H groups in total. The third-order valence-corrected chi connectivity index (χ3v) is 3.21. The van der Waals surface area contributed by atoms with Crippen molar-refractivity contribution in [2.75, 3.05) is 19.0 Å². The number of halogens is 3. The highest BCUT2D eigenvalue weighted by molar-refractivity contribution is 5.89. The van der Waals surface area contributed by atoms with Gasteiger partial charge in [-0.15, -0.1) is 0 Å². The van der Waals surface area contributed by atoms with Crippen LogP contribution < -0.4 is 15.4 Å². The predicted molar refractivity (Wildman–Crippen MR) is 81.3 cm³/mol. The summed E-state index contributed by atoms with van der Waals surface area (Å²) in [6, 6.07) is 6.05. The van der Waals surface area contributed by atoms with E-state index < -0.39 is 41.7 Å². The molecule has 0 radical (unpaired) electrons. The number of carbonyl (C=O) groups excluding carboxylic acids is 1. The monoisotopic (exact) mass is 340 g/mol. The number of ether oxygens (including phenoxy) is 1. The van der Waals surface area contributed by atoms with Gasteiger partial charge in [-0.05, 0) is 24.3 Å². The van der Waals surface area contributed by atoms with Gasteiger partial charge in [0.2, 0.25) is 0 Å². The van der Waals surface area contributed by atoms with Gasteiger partial charge in [0.05, 0.1) is 18.4 Å². The second-order valence-electron chi connectivity index (χ2n) is 4.83. The fourth-order valence-corrected chi connectivity index (χ4v) is 2.01. The molecule has 0 aliphatic heterocycles. The Morgan fingerprint density at radius 2 is 1.83 bits per heavy atom. The van der Waals surface area contributed by atoms with E-state index in [1.165, 1.54) is 19.2 Å². The minimum Gasteiger partial charge on any atom is -0.497 e. The molecular formula is C16H15F3N2O3. The Balaban J connectivity index is 1.98. The van der Waals surface area contributed by atoms with Crippen molar-refractivity contribution >= 4 is 11.7 Å². The van der Waals surface area contributed by atoms with Gasteiger partial charge in [0.15, 0.2) is 0 Å². The Morgan fingerprint density at radius 3 is 2.46 bits per heavy atom. The van der Waals surface area contributed by atoms with Crippen molar-refractivity contribution in [3.05, 3.63) is 59.4 Å². The Kier molecular flexibility index (Phi) is 5.64. The molecule has 128 valence electrons. The van der Waals surface area contributed by atoms with Crippen LogP contribution >= 0.6 is 0 Å². The smallest absolute Gasteiger partial charge is 0.319 e. The second kappa shape index (κ2) is 7.69. The molecule has 0 aromatic heterocycles. The Morgan fingerprint density at radius 1 is 1.17 bits per heavy atom. The van der Waals surface area contributed by atoms with Crippen molar-refractivity contribution in [3.8, 4) is 5.75 Å². The first-order valence-corrected chi connectivity index (χ1v) is 6.92. The van der Waals surface area contributed by atoms with Crippen LogP contribution in [0.4, 0.5) is 23.7 Å². The van der Waals surface area contributed by atoms with Crippen LogP contribution in [0.15, 0.2) is 36.4 Å². The number of nitrogens with one attached hydrogen (secondary N) is 2. The van der Waals surface area contributed by atoms with Gasteiger partial charge in [0, 0.05) is 12.6 Å². The third kappa shape index (κ3) is 4.17. The van der Waals surface area contributed by atoms with Crippen LogP contribution in [0.1, 0.15) is 11.7 Å². The van der Waals surface area contributed by atoms with Gasteiger partial charge in [-0.1, -0.05) is 6.07 Å². The first kappa shape index (κ1) is 17.6. The topological polar surface area (TPSA) is 70.6 Å². The summed E-state index contributed by atoms with van der Waals surface area (Å²) < 4.78 is 45.5. The lowest BCUT2D eigenvalue weighted by atomic mass is 10.1. The number of aliphatic hydroxyl groups is 1. The van der Waals surface area contributed by atoms with Crippen LogP contribution in [0.25, 0.3) is 0 Å². The van der Waals surface area contributed by atoms with Crippen LogP contribution in [0.3, 0.4) is 0 Å². The SMILES string of the molecule is COc1ccc(F)c(NC(=O)NCC(O)c2c(F)cccc2F)c1. The van der Waals surface area contributed by atoms with Gasteiger partial charge in [0.25, 0.3) is 0 Å². The molecule has 2 amide bonds. The number of benzene rings is 2. The van der Waals surface area contributed by atoms with Crippen LogP contribution in [0.2, 0.25) is 0 Å². The number of amides is 2. The molecule has 5 nitrogen and oxygen atoms in total. The van der Waals surface area contributed by atoms with Crippen LogP contribution in [-0.2, 0) is 0 Å². The van der Waals surface area contributed by atoms with E-state index in [4.69, 9.17) is 4.74 Å². The lowest BCUT2D eigenvalue weighted by Crippen LogP contribution is -2.33. The van der Waals surface area contributed by atoms with Crippen molar-refractivity contribution in [1.82, 2.24) is 5.32 Å². The molecule has 1 unspecified atom stereocenters. The summed E-state index contributed by atoms with van der Waals surface area (Å²) in [7, 11) is 1.39. The van der Waals surface area contributed by atoms with Crippen LogP contribution in [-0.4, -0.2) is 24.8 Å². The standard InChI is InChI=1S/C16H15F3N2O3/c1-24-9-5-6-10(17)13(7-9)21-16(23)20-8-14(22)15-11(18)3-2-4-12(15)19/h2-7,14,22H,8H2,1H3,(H2,20,21,23). The molecule has 0 aliphatic carbocycles. The Labute approximate surface area is 136 Å². The molecule has 0 bridgehead atoms. The molecule has 0 heterocycles. The molecule has 1 atom stereocenters. The third-order valence-electron chi connectivity index (χ3n) is 3.21. The lowest BCUT2D eigenvalue weighted by molar-refractivity contribution is 0.166. The van der Waals surface area contributed by atoms with Gasteiger partial charge < -0.3 is 20.5 Å². The summed E-state index contributed by atoms with van der Waals surface area (Å²) in [5.74, 6) is -2.21. The fourth-order valence-electron chi connectivity index (χ4n) is 2.01. The highest BCUT2D eigenvalue weighted by atomic mass is 19.1. The largest absolute Gasteiger partial charge is 0.497 e. The summed E-state index contributed by atoms with van der Waals surface area (Å²) in [5.41, 5.74) is -0.691. The molecule has 0 fully saturated rings. The average Bonchev–Trinajstić information content (AvgIpc) is 2.55. The quantitative estimate of drug-likeness (QED) is 0.784. The highest BCUT2D eigenvalue weighted by Gasteiger charge is 2.18. The molecule has 2 aromatic carbocycles. The van der Waals surface area contributed by atoms with Gasteiger partial charge in [-0.2, -0.15) is 0 Å². The van der Waals surface area contributed by atoms with Gasteiger partial charge >= 0.3 is 6.03 Å². The van der Waals surface area contributed by atoms with E-state index in [1.807, 2.05) is 0 Å². The molecule has 0 spiro atoms. The fraction of sp³-hybridized carbons (Fsp3) is 0.188. The van der Waals surface area contributed by atoms with Gasteiger partial charge in [-0.3, -0.25) is 0 Å². The van der Waals surface area contributed by atoms with Crippen molar-refractivity contribution in [1.29, 1.82) is 0 Å². The average molecular weight is 340 g/mol. The van der Waals surface area contributed by atoms with Gasteiger partial charge in [-0.25, -0.2) is 18.0 Å². The summed E-state index contributed by atoms with van der Waals surface area (Å²) in [5, 5.41) is 14.2. The van der Waals surface area contributed by atoms with E-state index in [1.54, 1.807) is 0 Å². The molecule has 0 aliphatic rings. The zero-order valence-electron chi connectivity index (χ0n) is 12.6. The number of hydrogen-bond donors (Lipinski definition) is 3. The molecule has 0 saturated carbocycles. The number of rotatable bonds is 5. The zero-order chi connectivity index (χ0) is 17.7. The maximum atomic E-state index is 13.6. The number of methoxy groups -OCH3 is 1. The van der Waals surface area contributed by atoms with Crippen molar-refractivity contribution < 1.29 is 27.8 Å². The van der Waals surface area contributed by atoms with E-state index in [9.17, 15) is 23.1 Å². The van der Waals surface area contributed by atoms with E-state index >= 15 is 0 Å². The molecule has 8 heteroatoms. The minimum atomic E-state index is -1.59. The van der Waals surface area contributed by atoms with E-state index in [2.05, 4.69) is 10.6 Å². The Bertz CT molecular complexity index is 720. The number of urea groups is 1. The number of aliphatic hydroxyl groups excluding tert-OH is 1. The highest BCUT2D eigenvalue weighted by Crippen LogP contribution is 2.22. The maximum absolute atomic E-state index is 13.6. The lowest BCUT2D eigenvalue weighted by Gasteiger charge is -2.14. The van der Waals surface area contributed by atoms with Crippen molar-refractivity contribution in [3.63, 3.8) is 0 Å². The minimum absolute atomic E-state index is 0.140. The summed E-state index contributed by atoms with van der Waals surface area (Å²) >= 11 is 0. The van der Waals surface area contributed by atoms with Gasteiger partial charge in [0.1, 0.15) is 29.3 Å². The second-order valence-corrected chi connectivity index (χ2v) is 4.83. The number of anilines is 1. The van der Waals surface area contributed by atoms with E-state index in [0.29, 0.717) is 5.75 Å². The van der Waals surface area contributed by atoms with E-state index in [-0.39, 0.29) is 5.69 Å². The zero-order valence-corrected chi connectivity index (χ0v) is 12.6. The summed E-state index contributed by atoms with van der Waals surface area (Å²) in [6.07, 6.45) is -1.59. The van der Waals surface area contributed by atoms with Crippen LogP contribution in [0, 0.1) is 17.5 Å². The molecule has 2 aromatic rings. The van der Waals surface area contributed by atoms with Crippen molar-refractivity contribution in [2.24, 2.45) is 0 Å². The first-order valence-electron chi connectivity index (χ1n) is 6.92. The molecule has 24 heavy (non-hydrogen) atoms. The predicted octanol–water partition coefficient (Wildman–Crippen LogP) is 2.97. The molecule has 0 saturated heterocycles. The maximum Gasteiger partial charge on any atom is 0.319 e.